The minimum absolute atomic E-state index is 0.0447. The number of piperazine rings is 1. The number of halogens is 1. The molecule has 1 aromatic heterocycles. The van der Waals surface area contributed by atoms with Crippen molar-refractivity contribution < 1.29 is 13.9 Å². The van der Waals surface area contributed by atoms with E-state index in [-0.39, 0.29) is 29.8 Å². The fourth-order valence-corrected chi connectivity index (χ4v) is 5.00. The summed E-state index contributed by atoms with van der Waals surface area (Å²) in [6.07, 6.45) is 5.67. The van der Waals surface area contributed by atoms with Crippen LogP contribution >= 0.6 is 0 Å². The van der Waals surface area contributed by atoms with Crippen molar-refractivity contribution in [3.8, 4) is 0 Å². The first kappa shape index (κ1) is 23.6. The van der Waals surface area contributed by atoms with Crippen molar-refractivity contribution in [3.63, 3.8) is 0 Å². The molecule has 2 aliphatic heterocycles. The highest BCUT2D eigenvalue weighted by Gasteiger charge is 2.35. The van der Waals surface area contributed by atoms with Crippen LogP contribution < -0.4 is 10.2 Å². The molecule has 1 N–H and O–H groups in total. The number of nitrogens with one attached hydrogen (secondary N) is 1. The lowest BCUT2D eigenvalue weighted by Gasteiger charge is -2.41. The van der Waals surface area contributed by atoms with Crippen LogP contribution in [-0.4, -0.2) is 54.7 Å². The van der Waals surface area contributed by atoms with Gasteiger partial charge >= 0.3 is 0 Å². The zero-order valence-electron chi connectivity index (χ0n) is 19.7. The Hall–Kier alpha value is -2.51. The van der Waals surface area contributed by atoms with E-state index in [1.807, 2.05) is 32.2 Å². The summed E-state index contributed by atoms with van der Waals surface area (Å²) in [5.74, 6) is -0.390. The third-order valence-corrected chi connectivity index (χ3v) is 6.93. The maximum Gasteiger partial charge on any atom is 0.227 e. The predicted octanol–water partition coefficient (Wildman–Crippen LogP) is 4.64. The van der Waals surface area contributed by atoms with Crippen molar-refractivity contribution in [2.45, 2.75) is 51.7 Å². The van der Waals surface area contributed by atoms with E-state index in [0.717, 1.165) is 64.2 Å². The summed E-state index contributed by atoms with van der Waals surface area (Å²) < 4.78 is 21.0. The Morgan fingerprint density at radius 1 is 1.18 bits per heavy atom. The van der Waals surface area contributed by atoms with Gasteiger partial charge in [-0.1, -0.05) is 19.9 Å². The maximum atomic E-state index is 15.0. The van der Waals surface area contributed by atoms with E-state index in [9.17, 15) is 9.18 Å². The van der Waals surface area contributed by atoms with Gasteiger partial charge in [0, 0.05) is 50.6 Å². The molecule has 178 valence electrons. The number of rotatable bonds is 8. The standard InChI is InChI=1S/C26H35FN4O2/c1-3-19(4-2)26(32)29-20-10-11-23(21(27)18-20)30-13-15-31(16-14-30)25(24-9-7-17-33-24)22-8-5-6-12-28-22/h5-6,8,10-12,18-19,24-25H,3-4,7,9,13-17H2,1-2H3,(H,29,32)/t24-,25?/m1/s1. The van der Waals surface area contributed by atoms with Gasteiger partial charge in [-0.15, -0.1) is 0 Å². The van der Waals surface area contributed by atoms with E-state index in [2.05, 4.69) is 26.2 Å². The van der Waals surface area contributed by atoms with E-state index in [1.165, 1.54) is 6.07 Å². The van der Waals surface area contributed by atoms with Crippen LogP contribution in [0.3, 0.4) is 0 Å². The number of pyridine rings is 1. The quantitative estimate of drug-likeness (QED) is 0.630. The van der Waals surface area contributed by atoms with Crippen molar-refractivity contribution in [1.29, 1.82) is 0 Å². The van der Waals surface area contributed by atoms with Crippen LogP contribution in [0.15, 0.2) is 42.6 Å². The molecule has 0 aliphatic carbocycles. The minimum atomic E-state index is -0.300. The molecule has 1 unspecified atom stereocenters. The Morgan fingerprint density at radius 3 is 2.58 bits per heavy atom. The maximum absolute atomic E-state index is 15.0. The molecular weight excluding hydrogens is 419 g/mol. The van der Waals surface area contributed by atoms with E-state index < -0.39 is 0 Å². The number of hydrogen-bond donors (Lipinski definition) is 1. The Balaban J connectivity index is 1.41. The molecule has 6 nitrogen and oxygen atoms in total. The number of aromatic nitrogens is 1. The van der Waals surface area contributed by atoms with Gasteiger partial charge in [0.2, 0.25) is 5.91 Å². The smallest absolute Gasteiger partial charge is 0.227 e. The van der Waals surface area contributed by atoms with Gasteiger partial charge in [-0.25, -0.2) is 4.39 Å². The summed E-state index contributed by atoms with van der Waals surface area (Å²) in [6.45, 7) is 7.88. The first-order valence-corrected chi connectivity index (χ1v) is 12.2. The van der Waals surface area contributed by atoms with Crippen LogP contribution in [0.2, 0.25) is 0 Å². The number of amides is 1. The second-order valence-corrected chi connectivity index (χ2v) is 8.94. The molecule has 0 saturated carbocycles. The molecule has 0 bridgehead atoms. The summed E-state index contributed by atoms with van der Waals surface area (Å²) in [4.78, 5) is 21.5. The van der Waals surface area contributed by atoms with Crippen molar-refractivity contribution in [3.05, 3.63) is 54.1 Å². The molecule has 0 spiro atoms. The van der Waals surface area contributed by atoms with Gasteiger partial charge in [0.1, 0.15) is 5.82 Å². The first-order valence-electron chi connectivity index (χ1n) is 12.2. The molecule has 7 heteroatoms. The lowest BCUT2D eigenvalue weighted by molar-refractivity contribution is -0.120. The van der Waals surface area contributed by atoms with Crippen molar-refractivity contribution in [2.75, 3.05) is 43.0 Å². The lowest BCUT2D eigenvalue weighted by atomic mass is 10.0. The summed E-state index contributed by atoms with van der Waals surface area (Å²) >= 11 is 0. The molecule has 2 atom stereocenters. The lowest BCUT2D eigenvalue weighted by Crippen LogP contribution is -2.50. The summed E-state index contributed by atoms with van der Waals surface area (Å²) in [5.41, 5.74) is 2.14. The number of hydrogen-bond acceptors (Lipinski definition) is 5. The molecule has 2 fully saturated rings. The average molecular weight is 455 g/mol. The first-order chi connectivity index (χ1) is 16.1. The summed E-state index contributed by atoms with van der Waals surface area (Å²) in [5, 5.41) is 2.86. The highest BCUT2D eigenvalue weighted by atomic mass is 19.1. The molecule has 1 aromatic carbocycles. The van der Waals surface area contributed by atoms with E-state index in [0.29, 0.717) is 11.4 Å². The van der Waals surface area contributed by atoms with Gasteiger partial charge in [-0.2, -0.15) is 0 Å². The van der Waals surface area contributed by atoms with Crippen LogP contribution in [-0.2, 0) is 9.53 Å². The summed E-state index contributed by atoms with van der Waals surface area (Å²) in [7, 11) is 0. The molecule has 2 aromatic rings. The number of carbonyl (C=O) groups is 1. The molecule has 4 rings (SSSR count). The van der Waals surface area contributed by atoms with Gasteiger partial charge in [0.05, 0.1) is 23.5 Å². The Labute approximate surface area is 196 Å². The molecule has 33 heavy (non-hydrogen) atoms. The zero-order chi connectivity index (χ0) is 23.2. The van der Waals surface area contributed by atoms with Gasteiger partial charge in [0.25, 0.3) is 0 Å². The average Bonchev–Trinajstić information content (AvgIpc) is 3.36. The van der Waals surface area contributed by atoms with E-state index >= 15 is 0 Å². The van der Waals surface area contributed by atoms with Crippen molar-refractivity contribution in [1.82, 2.24) is 9.88 Å². The third kappa shape index (κ3) is 5.53. The topological polar surface area (TPSA) is 57.7 Å². The van der Waals surface area contributed by atoms with Gasteiger partial charge in [-0.05, 0) is 56.0 Å². The van der Waals surface area contributed by atoms with Gasteiger partial charge in [-0.3, -0.25) is 14.7 Å². The molecule has 3 heterocycles. The second-order valence-electron chi connectivity index (χ2n) is 8.94. The van der Waals surface area contributed by atoms with Gasteiger partial charge in [0.15, 0.2) is 0 Å². The number of ether oxygens (including phenoxy) is 1. The Bertz CT molecular complexity index is 908. The van der Waals surface area contributed by atoms with Crippen LogP contribution in [0.4, 0.5) is 15.8 Å². The Morgan fingerprint density at radius 2 is 1.97 bits per heavy atom. The SMILES string of the molecule is CCC(CC)C(=O)Nc1ccc(N2CCN(C(c3ccccn3)[C@H]3CCCO3)CC2)c(F)c1. The van der Waals surface area contributed by atoms with Crippen LogP contribution in [0.1, 0.15) is 51.3 Å². The number of carbonyl (C=O) groups excluding carboxylic acids is 1. The largest absolute Gasteiger partial charge is 0.376 e. The predicted molar refractivity (Wildman–Crippen MR) is 129 cm³/mol. The number of anilines is 2. The molecule has 1 amide bonds. The molecule has 2 saturated heterocycles. The highest BCUT2D eigenvalue weighted by Crippen LogP contribution is 2.33. The second kappa shape index (κ2) is 11.1. The summed E-state index contributed by atoms with van der Waals surface area (Å²) in [6, 6.07) is 11.2. The van der Waals surface area contributed by atoms with E-state index in [4.69, 9.17) is 4.74 Å². The zero-order valence-corrected chi connectivity index (χ0v) is 19.7. The van der Waals surface area contributed by atoms with Crippen LogP contribution in [0.25, 0.3) is 0 Å². The fourth-order valence-electron chi connectivity index (χ4n) is 5.00. The minimum Gasteiger partial charge on any atom is -0.376 e. The van der Waals surface area contributed by atoms with Crippen molar-refractivity contribution in [2.24, 2.45) is 5.92 Å². The van der Waals surface area contributed by atoms with Crippen LogP contribution in [0, 0.1) is 11.7 Å². The monoisotopic (exact) mass is 454 g/mol. The fraction of sp³-hybridized carbons (Fsp3) is 0.538. The van der Waals surface area contributed by atoms with Crippen molar-refractivity contribution >= 4 is 17.3 Å². The number of nitrogens with zero attached hydrogens (tertiary/aromatic N) is 3. The molecule has 0 radical (unpaired) electrons. The van der Waals surface area contributed by atoms with Crippen LogP contribution in [0.5, 0.6) is 0 Å². The number of benzene rings is 1. The van der Waals surface area contributed by atoms with Gasteiger partial charge < -0.3 is 15.0 Å². The normalized spacial score (nSPS) is 20.2. The Kier molecular flexibility index (Phi) is 7.93. The molecular formula is C26H35FN4O2. The van der Waals surface area contributed by atoms with E-state index in [1.54, 1.807) is 12.1 Å². The highest BCUT2D eigenvalue weighted by molar-refractivity contribution is 5.92. The molecule has 2 aliphatic rings. The third-order valence-electron chi connectivity index (χ3n) is 6.93.